The number of carbonyl (C=O) groups is 1. The van der Waals surface area contributed by atoms with Gasteiger partial charge in [-0.25, -0.2) is 17.9 Å². The predicted octanol–water partition coefficient (Wildman–Crippen LogP) is 3.15. The van der Waals surface area contributed by atoms with Crippen molar-refractivity contribution in [1.29, 1.82) is 0 Å². The Kier molecular flexibility index (Phi) is 6.95. The number of piperidine rings is 1. The van der Waals surface area contributed by atoms with Gasteiger partial charge in [-0.15, -0.1) is 0 Å². The molecule has 0 spiro atoms. The average molecular weight is 494 g/mol. The van der Waals surface area contributed by atoms with Gasteiger partial charge in [-0.3, -0.25) is 0 Å². The number of benzene rings is 1. The van der Waals surface area contributed by atoms with E-state index in [-0.39, 0.29) is 12.1 Å². The molecule has 1 saturated heterocycles. The van der Waals surface area contributed by atoms with Crippen LogP contribution in [0.2, 0.25) is 0 Å². The molecular formula is C18H27IN2O4S. The minimum atomic E-state index is -3.37. The van der Waals surface area contributed by atoms with Gasteiger partial charge < -0.3 is 9.64 Å². The van der Waals surface area contributed by atoms with Crippen molar-refractivity contribution >= 4 is 38.7 Å². The molecule has 1 aliphatic heterocycles. The molecule has 1 aromatic rings. The number of ether oxygens (including phenoxy) is 1. The fraction of sp³-hybridized carbons (Fsp3) is 0.611. The summed E-state index contributed by atoms with van der Waals surface area (Å²) in [5.74, 6) is 0. The van der Waals surface area contributed by atoms with E-state index in [1.165, 1.54) is 0 Å². The molecule has 2 atom stereocenters. The van der Waals surface area contributed by atoms with Gasteiger partial charge >= 0.3 is 6.09 Å². The van der Waals surface area contributed by atoms with Crippen LogP contribution in [0, 0.1) is 3.57 Å². The highest BCUT2D eigenvalue weighted by atomic mass is 127. The topological polar surface area (TPSA) is 75.7 Å². The molecule has 0 radical (unpaired) electrons. The second-order valence-electron chi connectivity index (χ2n) is 7.71. The van der Waals surface area contributed by atoms with E-state index in [2.05, 4.69) is 33.4 Å². The lowest BCUT2D eigenvalue weighted by molar-refractivity contribution is 0.00592. The van der Waals surface area contributed by atoms with E-state index in [4.69, 9.17) is 4.74 Å². The molecule has 1 fully saturated rings. The molecule has 26 heavy (non-hydrogen) atoms. The van der Waals surface area contributed by atoms with Gasteiger partial charge in [-0.1, -0.05) is 12.1 Å². The van der Waals surface area contributed by atoms with Crippen LogP contribution >= 0.6 is 22.6 Å². The van der Waals surface area contributed by atoms with Gasteiger partial charge in [0.25, 0.3) is 0 Å². The molecule has 1 amide bonds. The Morgan fingerprint density at radius 1 is 1.38 bits per heavy atom. The number of nitrogens with zero attached hydrogens (tertiary/aromatic N) is 1. The molecule has 0 aromatic heterocycles. The lowest BCUT2D eigenvalue weighted by Gasteiger charge is -2.41. The molecular weight excluding hydrogens is 467 g/mol. The maximum atomic E-state index is 12.7. The van der Waals surface area contributed by atoms with Gasteiger partial charge in [0, 0.05) is 16.2 Å². The summed E-state index contributed by atoms with van der Waals surface area (Å²) in [5, 5.41) is 0. The number of likely N-dealkylation sites (tertiary alicyclic amines) is 1. The van der Waals surface area contributed by atoms with Gasteiger partial charge in [-0.2, -0.15) is 0 Å². The molecule has 146 valence electrons. The van der Waals surface area contributed by atoms with E-state index in [1.54, 1.807) is 4.90 Å². The molecule has 1 N–H and O–H groups in total. The van der Waals surface area contributed by atoms with Crippen molar-refractivity contribution in [1.82, 2.24) is 9.62 Å². The van der Waals surface area contributed by atoms with Crippen molar-refractivity contribution in [2.24, 2.45) is 0 Å². The maximum absolute atomic E-state index is 12.7. The zero-order valence-corrected chi connectivity index (χ0v) is 18.6. The van der Waals surface area contributed by atoms with Crippen molar-refractivity contribution in [3.63, 3.8) is 0 Å². The quantitative estimate of drug-likeness (QED) is 0.653. The third kappa shape index (κ3) is 6.70. The summed E-state index contributed by atoms with van der Waals surface area (Å²) in [6.07, 6.45) is 2.76. The van der Waals surface area contributed by atoms with E-state index >= 15 is 0 Å². The number of nitrogens with one attached hydrogen (secondary N) is 1. The number of amides is 1. The normalized spacial score (nSPS) is 21.5. The first kappa shape index (κ1) is 21.4. The Balaban J connectivity index is 2.29. The Hall–Kier alpha value is -0.870. The molecule has 2 rings (SSSR count). The third-order valence-electron chi connectivity index (χ3n) is 4.11. The van der Waals surface area contributed by atoms with E-state index in [9.17, 15) is 13.2 Å². The van der Waals surface area contributed by atoms with Crippen LogP contribution in [0.1, 0.15) is 39.2 Å². The fourth-order valence-electron chi connectivity index (χ4n) is 3.17. The third-order valence-corrected chi connectivity index (χ3v) is 5.51. The minimum Gasteiger partial charge on any atom is -0.444 e. The van der Waals surface area contributed by atoms with Crippen molar-refractivity contribution in [3.8, 4) is 0 Å². The van der Waals surface area contributed by atoms with Gasteiger partial charge in [-0.05, 0) is 80.3 Å². The molecule has 0 bridgehead atoms. The number of hydrogen-bond acceptors (Lipinski definition) is 4. The zero-order valence-electron chi connectivity index (χ0n) is 15.7. The molecule has 2 unspecified atom stereocenters. The Bertz CT molecular complexity index is 746. The molecule has 0 saturated carbocycles. The van der Waals surface area contributed by atoms with Crippen LogP contribution in [0.3, 0.4) is 0 Å². The Morgan fingerprint density at radius 3 is 2.65 bits per heavy atom. The summed E-state index contributed by atoms with van der Waals surface area (Å²) in [6.45, 7) is 6.05. The molecule has 0 aliphatic carbocycles. The molecule has 6 nitrogen and oxygen atoms in total. The van der Waals surface area contributed by atoms with Crippen LogP contribution < -0.4 is 4.72 Å². The number of sulfonamides is 1. The second-order valence-corrected chi connectivity index (χ2v) is 10.7. The minimum absolute atomic E-state index is 0.286. The Labute approximate surface area is 169 Å². The van der Waals surface area contributed by atoms with Crippen LogP contribution in [-0.4, -0.2) is 49.9 Å². The average Bonchev–Trinajstić information content (AvgIpc) is 2.45. The standard InChI is InChI=1S/C18H27IN2O4S/c1-18(2,3)25-17(22)21-10-6-9-15(20-26(4,23)24)16(21)12-13-7-5-8-14(19)11-13/h5,7-8,11,15-16,20H,6,9-10,12H2,1-4H3. The number of carbonyl (C=O) groups excluding carboxylic acids is 1. The summed E-state index contributed by atoms with van der Waals surface area (Å²) in [4.78, 5) is 14.4. The van der Waals surface area contributed by atoms with E-state index in [0.717, 1.165) is 21.8 Å². The Morgan fingerprint density at radius 2 is 2.08 bits per heavy atom. The molecule has 1 aliphatic rings. The van der Waals surface area contributed by atoms with Crippen LogP contribution in [-0.2, 0) is 21.2 Å². The van der Waals surface area contributed by atoms with Crippen LogP contribution in [0.5, 0.6) is 0 Å². The highest BCUT2D eigenvalue weighted by Crippen LogP contribution is 2.25. The number of hydrogen-bond donors (Lipinski definition) is 1. The van der Waals surface area contributed by atoms with E-state index in [0.29, 0.717) is 19.4 Å². The summed E-state index contributed by atoms with van der Waals surface area (Å²) in [7, 11) is -3.37. The molecule has 1 aromatic carbocycles. The summed E-state index contributed by atoms with van der Waals surface area (Å²) >= 11 is 2.25. The monoisotopic (exact) mass is 494 g/mol. The zero-order chi connectivity index (χ0) is 19.5. The van der Waals surface area contributed by atoms with Crippen molar-refractivity contribution in [3.05, 3.63) is 33.4 Å². The summed E-state index contributed by atoms with van der Waals surface area (Å²) in [6, 6.07) is 7.41. The highest BCUT2D eigenvalue weighted by molar-refractivity contribution is 14.1. The van der Waals surface area contributed by atoms with Gasteiger partial charge in [0.1, 0.15) is 5.60 Å². The first-order valence-electron chi connectivity index (χ1n) is 8.66. The van der Waals surface area contributed by atoms with Crippen molar-refractivity contribution in [2.75, 3.05) is 12.8 Å². The van der Waals surface area contributed by atoms with Crippen LogP contribution in [0.25, 0.3) is 0 Å². The van der Waals surface area contributed by atoms with Crippen LogP contribution in [0.15, 0.2) is 24.3 Å². The van der Waals surface area contributed by atoms with E-state index < -0.39 is 21.7 Å². The number of rotatable bonds is 4. The first-order chi connectivity index (χ1) is 11.9. The smallest absolute Gasteiger partial charge is 0.410 e. The van der Waals surface area contributed by atoms with Gasteiger partial charge in [0.2, 0.25) is 10.0 Å². The van der Waals surface area contributed by atoms with E-state index in [1.807, 2.05) is 39.0 Å². The van der Waals surface area contributed by atoms with Gasteiger partial charge in [0.15, 0.2) is 0 Å². The first-order valence-corrected chi connectivity index (χ1v) is 11.6. The molecule has 8 heteroatoms. The van der Waals surface area contributed by atoms with Gasteiger partial charge in [0.05, 0.1) is 12.3 Å². The SMILES string of the molecule is CC(C)(C)OC(=O)N1CCCC(NS(C)(=O)=O)C1Cc1cccc(I)c1. The lowest BCUT2D eigenvalue weighted by Crippen LogP contribution is -2.58. The predicted molar refractivity (Wildman–Crippen MR) is 111 cm³/mol. The number of halogens is 1. The fourth-order valence-corrected chi connectivity index (χ4v) is 4.61. The second kappa shape index (κ2) is 8.43. The summed E-state index contributed by atoms with van der Waals surface area (Å²) < 4.78 is 33.0. The lowest BCUT2D eigenvalue weighted by atomic mass is 9.92. The maximum Gasteiger partial charge on any atom is 0.410 e. The van der Waals surface area contributed by atoms with Crippen molar-refractivity contribution < 1.29 is 17.9 Å². The molecule has 1 heterocycles. The van der Waals surface area contributed by atoms with Crippen molar-refractivity contribution in [2.45, 2.75) is 57.7 Å². The largest absolute Gasteiger partial charge is 0.444 e. The van der Waals surface area contributed by atoms with Crippen LogP contribution in [0.4, 0.5) is 4.79 Å². The highest BCUT2D eigenvalue weighted by Gasteiger charge is 2.37. The summed E-state index contributed by atoms with van der Waals surface area (Å²) in [5.41, 5.74) is 0.471.